The van der Waals surface area contributed by atoms with E-state index in [4.69, 9.17) is 34.3 Å². The number of aliphatic hydroxyl groups is 2. The van der Waals surface area contributed by atoms with Crippen molar-refractivity contribution in [3.63, 3.8) is 0 Å². The molecule has 6 atom stereocenters. The van der Waals surface area contributed by atoms with E-state index in [1.54, 1.807) is 36.4 Å². The number of hydrogen-bond acceptors (Lipinski definition) is 12. The van der Waals surface area contributed by atoms with Crippen LogP contribution in [-0.2, 0) is 40.0 Å². The van der Waals surface area contributed by atoms with Gasteiger partial charge in [-0.05, 0) is 42.3 Å². The molecule has 0 spiro atoms. The van der Waals surface area contributed by atoms with Gasteiger partial charge in [-0.1, -0.05) is 109 Å². The molecule has 1 aliphatic heterocycles. The summed E-state index contributed by atoms with van der Waals surface area (Å²) in [4.78, 5) is 10.6. The first-order chi connectivity index (χ1) is 27.1. The number of nitrogens with zero attached hydrogens (tertiary/aromatic N) is 4. The van der Waals surface area contributed by atoms with E-state index in [0.717, 1.165) is 24.8 Å². The highest BCUT2D eigenvalue weighted by Gasteiger charge is 2.58. The average molecular weight is 798 g/mol. The van der Waals surface area contributed by atoms with Gasteiger partial charge in [0.2, 0.25) is 5.60 Å². The number of nitrogen functional groups attached to an aromatic ring is 1. The highest BCUT2D eigenvalue weighted by atomic mass is 31.2. The average Bonchev–Trinajstić information content (AvgIpc) is 3.75. The molecule has 0 aliphatic carbocycles. The van der Waals surface area contributed by atoms with Crippen molar-refractivity contribution in [1.29, 1.82) is 10.5 Å². The summed E-state index contributed by atoms with van der Waals surface area (Å²) < 4.78 is 42.5. The number of phosphoric acid groups is 1. The van der Waals surface area contributed by atoms with Crippen molar-refractivity contribution in [1.82, 2.24) is 9.61 Å². The van der Waals surface area contributed by atoms with E-state index >= 15 is 0 Å². The number of nitriles is 2. The number of ether oxygens (including phenoxy) is 3. The van der Waals surface area contributed by atoms with E-state index < -0.39 is 44.4 Å². The molecule has 0 amide bonds. The molecule has 1 aromatic carbocycles. The summed E-state index contributed by atoms with van der Waals surface area (Å²) >= 11 is 0. The number of benzene rings is 1. The Morgan fingerprint density at radius 3 is 2.12 bits per heavy atom. The van der Waals surface area contributed by atoms with Crippen LogP contribution in [0, 0.1) is 22.7 Å². The van der Waals surface area contributed by atoms with Crippen molar-refractivity contribution in [2.24, 2.45) is 0 Å². The van der Waals surface area contributed by atoms with Crippen LogP contribution in [0.2, 0.25) is 0 Å². The molecule has 0 radical (unpaired) electrons. The van der Waals surface area contributed by atoms with Gasteiger partial charge in [0.25, 0.3) is 0 Å². The van der Waals surface area contributed by atoms with E-state index in [-0.39, 0.29) is 25.5 Å². The van der Waals surface area contributed by atoms with Gasteiger partial charge in [0.15, 0.2) is 0 Å². The van der Waals surface area contributed by atoms with Crippen LogP contribution in [0.4, 0.5) is 5.69 Å². The largest absolute Gasteiger partial charge is 0.472 e. The maximum absolute atomic E-state index is 13.0. The fraction of sp³-hybridized carbons (Fsp3) is 0.634. The molecule has 3 heterocycles. The first-order valence-electron chi connectivity index (χ1n) is 20.1. The summed E-state index contributed by atoms with van der Waals surface area (Å²) in [7, 11) is -4.75. The van der Waals surface area contributed by atoms with E-state index in [2.05, 4.69) is 18.1 Å². The van der Waals surface area contributed by atoms with Crippen LogP contribution < -0.4 is 5.73 Å². The Morgan fingerprint density at radius 1 is 0.893 bits per heavy atom. The van der Waals surface area contributed by atoms with Gasteiger partial charge < -0.3 is 35.1 Å². The van der Waals surface area contributed by atoms with Crippen LogP contribution in [0.25, 0.3) is 5.52 Å². The number of anilines is 1. The minimum Gasteiger partial charge on any atom is -0.397 e. The van der Waals surface area contributed by atoms with Gasteiger partial charge in [0.1, 0.15) is 30.5 Å². The number of unbranched alkanes of at least 4 members (excludes halogenated alkanes) is 14. The first kappa shape index (κ1) is 45.3. The fourth-order valence-electron chi connectivity index (χ4n) is 6.84. The van der Waals surface area contributed by atoms with Crippen molar-refractivity contribution >= 4 is 19.0 Å². The van der Waals surface area contributed by atoms with Crippen LogP contribution in [-0.4, -0.2) is 75.6 Å². The van der Waals surface area contributed by atoms with Crippen molar-refractivity contribution < 1.29 is 42.9 Å². The SMILES string of the molecule is CCCCCCCCCCCCCCCCCOC[C@H](COP(=O)(O)OC[C@H]1O[C@@](C#N)(c2ccc3c(N)ccnn23)[C@H](O)[C@@H]1O)OCc1ccc(C#N)cc1. The number of nitrogens with two attached hydrogens (primary N) is 1. The van der Waals surface area contributed by atoms with E-state index in [1.807, 2.05) is 6.07 Å². The Morgan fingerprint density at radius 2 is 1.52 bits per heavy atom. The molecule has 0 saturated carbocycles. The first-order valence-corrected chi connectivity index (χ1v) is 21.6. The second-order valence-electron chi connectivity index (χ2n) is 14.6. The lowest BCUT2D eigenvalue weighted by Gasteiger charge is -2.24. The number of aliphatic hydroxyl groups excluding tert-OH is 2. The molecule has 1 saturated heterocycles. The summed E-state index contributed by atoms with van der Waals surface area (Å²) in [6.07, 6.45) is 14.9. The lowest BCUT2D eigenvalue weighted by atomic mass is 9.92. The van der Waals surface area contributed by atoms with Crippen LogP contribution in [0.5, 0.6) is 0 Å². The van der Waals surface area contributed by atoms with Gasteiger partial charge in [-0.2, -0.15) is 15.6 Å². The van der Waals surface area contributed by atoms with Crippen molar-refractivity contribution in [3.05, 3.63) is 65.5 Å². The molecular formula is C41H60N5O9P. The predicted octanol–water partition coefficient (Wildman–Crippen LogP) is 7.23. The number of aromatic nitrogens is 2. The number of phosphoric ester groups is 1. The molecule has 1 unspecified atom stereocenters. The molecule has 2 aromatic heterocycles. The molecule has 1 fully saturated rings. The summed E-state index contributed by atoms with van der Waals surface area (Å²) in [5, 5.41) is 45.2. The van der Waals surface area contributed by atoms with E-state index in [1.165, 1.54) is 93.8 Å². The smallest absolute Gasteiger partial charge is 0.397 e. The monoisotopic (exact) mass is 797 g/mol. The second kappa shape index (κ2) is 23.7. The van der Waals surface area contributed by atoms with Gasteiger partial charge in [-0.3, -0.25) is 9.05 Å². The standard InChI is InChI=1S/C41H60N5O9P/c1-2-3-4-5-6-7-8-9-10-11-12-13-14-15-16-25-51-28-34(52-27-33-19-17-32(26-42)18-20-33)29-53-56(49,50)54-30-37-39(47)40(48)41(31-43,55-37)38-22-21-36-35(44)23-24-45-46(36)38/h17-24,34,37,39-40,47-48H,2-16,25,27-30,44H2,1H3,(H,49,50)/t34-,37-,39-,40-,41+/m1/s1. The van der Waals surface area contributed by atoms with Crippen LogP contribution in [0.3, 0.4) is 0 Å². The molecule has 3 aromatic rings. The highest BCUT2D eigenvalue weighted by molar-refractivity contribution is 7.47. The Labute approximate surface area is 331 Å². The predicted molar refractivity (Wildman–Crippen MR) is 211 cm³/mol. The minimum absolute atomic E-state index is 0.0973. The van der Waals surface area contributed by atoms with Gasteiger partial charge in [0.05, 0.1) is 55.0 Å². The molecule has 56 heavy (non-hydrogen) atoms. The zero-order valence-corrected chi connectivity index (χ0v) is 33.6. The maximum atomic E-state index is 13.0. The lowest BCUT2D eigenvalue weighted by Crippen LogP contribution is -2.41. The van der Waals surface area contributed by atoms with Gasteiger partial charge in [0, 0.05) is 12.8 Å². The fourth-order valence-corrected chi connectivity index (χ4v) is 7.61. The quantitative estimate of drug-likeness (QED) is 0.0422. The van der Waals surface area contributed by atoms with Crippen LogP contribution >= 0.6 is 7.82 Å². The topological polar surface area (TPSA) is 215 Å². The van der Waals surface area contributed by atoms with E-state index in [9.17, 15) is 24.9 Å². The zero-order chi connectivity index (χ0) is 40.2. The van der Waals surface area contributed by atoms with Crippen LogP contribution in [0.15, 0.2) is 48.7 Å². The summed E-state index contributed by atoms with van der Waals surface area (Å²) in [5.74, 6) is 0. The van der Waals surface area contributed by atoms with Gasteiger partial charge in [-0.25, -0.2) is 9.08 Å². The van der Waals surface area contributed by atoms with Gasteiger partial charge >= 0.3 is 7.82 Å². The maximum Gasteiger partial charge on any atom is 0.472 e. The number of fused-ring (bicyclic) bond motifs is 1. The van der Waals surface area contributed by atoms with Gasteiger partial charge in [-0.15, -0.1) is 0 Å². The molecular weight excluding hydrogens is 737 g/mol. The summed E-state index contributed by atoms with van der Waals surface area (Å²) in [6.45, 7) is 1.96. The molecule has 4 rings (SSSR count). The normalized spacial score (nSPS) is 21.1. The molecule has 15 heteroatoms. The minimum atomic E-state index is -4.75. The number of rotatable bonds is 28. The Balaban J connectivity index is 1.19. The Kier molecular flexibility index (Phi) is 19.2. The van der Waals surface area contributed by atoms with E-state index in [0.29, 0.717) is 23.4 Å². The van der Waals surface area contributed by atoms with Crippen molar-refractivity contribution in [3.8, 4) is 12.1 Å². The molecule has 5 N–H and O–H groups in total. The summed E-state index contributed by atoms with van der Waals surface area (Å²) in [5.41, 5.74) is 6.20. The third-order valence-electron chi connectivity index (χ3n) is 10.2. The molecule has 308 valence electrons. The zero-order valence-electron chi connectivity index (χ0n) is 32.7. The molecule has 14 nitrogen and oxygen atoms in total. The highest BCUT2D eigenvalue weighted by Crippen LogP contribution is 2.46. The molecule has 0 bridgehead atoms. The Hall–Kier alpha value is -3.40. The lowest BCUT2D eigenvalue weighted by molar-refractivity contribution is -0.0690. The Bertz CT molecular complexity index is 1730. The third-order valence-corrected chi connectivity index (χ3v) is 11.1. The molecule has 1 aliphatic rings. The van der Waals surface area contributed by atoms with Crippen molar-refractivity contribution in [2.75, 3.05) is 32.2 Å². The van der Waals surface area contributed by atoms with Crippen LogP contribution in [0.1, 0.15) is 120 Å². The summed E-state index contributed by atoms with van der Waals surface area (Å²) in [6, 6.07) is 15.6. The number of hydrogen-bond donors (Lipinski definition) is 4. The third kappa shape index (κ3) is 13.6. The van der Waals surface area contributed by atoms with Crippen molar-refractivity contribution in [2.45, 2.75) is 140 Å². The second-order valence-corrected chi connectivity index (χ2v) is 16.0.